The highest BCUT2D eigenvalue weighted by Crippen LogP contribution is 2.30. The molecule has 0 bridgehead atoms. The van der Waals surface area contributed by atoms with Crippen LogP contribution in [0.3, 0.4) is 0 Å². The van der Waals surface area contributed by atoms with E-state index in [0.717, 1.165) is 103 Å². The Hall–Kier alpha value is -8.00. The molecule has 0 saturated carbocycles. The van der Waals surface area contributed by atoms with Gasteiger partial charge in [-0.3, -0.25) is 0 Å². The van der Waals surface area contributed by atoms with Crippen molar-refractivity contribution in [2.24, 2.45) is 0 Å². The van der Waals surface area contributed by atoms with Gasteiger partial charge in [0.05, 0.1) is 50.8 Å². The zero-order valence-corrected chi connectivity index (χ0v) is 55.5. The van der Waals surface area contributed by atoms with Gasteiger partial charge in [0.15, 0.2) is 0 Å². The highest BCUT2D eigenvalue weighted by Gasteiger charge is 2.22. The summed E-state index contributed by atoms with van der Waals surface area (Å²) in [5, 5.41) is 0. The smallest absolute Gasteiger partial charge is 0.347 e. The van der Waals surface area contributed by atoms with E-state index in [1.807, 2.05) is 0 Å². The van der Waals surface area contributed by atoms with Crippen molar-refractivity contribution in [2.45, 2.75) is 207 Å². The molecule has 0 spiro atoms. The first-order valence-electron chi connectivity index (χ1n) is 34.5. The summed E-state index contributed by atoms with van der Waals surface area (Å²) < 4.78 is 59.2. The van der Waals surface area contributed by atoms with Gasteiger partial charge in [-0.1, -0.05) is 169 Å². The highest BCUT2D eigenvalue weighted by atomic mass is 16.6. The van der Waals surface area contributed by atoms with E-state index < -0.39 is 23.9 Å². The van der Waals surface area contributed by atoms with Crippen molar-refractivity contribution in [3.8, 4) is 57.5 Å². The lowest BCUT2D eigenvalue weighted by molar-refractivity contribution is 0.0715. The largest absolute Gasteiger partial charge is 0.494 e. The molecule has 0 atom stereocenters. The number of unbranched alkanes of at least 4 members (excludes halogenated alkanes) is 23. The maximum Gasteiger partial charge on any atom is 0.347 e. The predicted molar refractivity (Wildman–Crippen MR) is 363 cm³/mol. The van der Waals surface area contributed by atoms with Crippen LogP contribution in [0.4, 0.5) is 0 Å². The third-order valence-corrected chi connectivity index (χ3v) is 15.6. The minimum atomic E-state index is -0.620. The standard InChI is InChI=1S/C78H102O14/c1-5-9-13-21-27-53-83-63-35-43-67(44-36-63)89-75(79)61-33-51-71(77(81)91-69-47-39-65(40-48-69)85-55-29-23-15-11-7-3)73(59-61)87-57-31-25-19-17-18-20-26-32-58-88-74-60-62(76(80)90-68-45-37-64(38-46-68)84-54-28-22-14-10-6-2)34-52-72(74)78(82)92-70-49-41-66(42-50-70)86-56-30-24-16-12-8-4/h33-52,59-60H,5-32,53-58H2,1-4H3. The lowest BCUT2D eigenvalue weighted by atomic mass is 10.1. The van der Waals surface area contributed by atoms with E-state index in [-0.39, 0.29) is 33.8 Å². The normalized spacial score (nSPS) is 11.0. The van der Waals surface area contributed by atoms with Crippen LogP contribution in [0.25, 0.3) is 0 Å². The van der Waals surface area contributed by atoms with Crippen molar-refractivity contribution in [1.29, 1.82) is 0 Å². The fraction of sp³-hybridized carbons (Fsp3) is 0.487. The summed E-state index contributed by atoms with van der Waals surface area (Å²) in [6.07, 6.45) is 30.1. The third kappa shape index (κ3) is 28.7. The van der Waals surface area contributed by atoms with Gasteiger partial charge in [0, 0.05) is 0 Å². The van der Waals surface area contributed by atoms with Gasteiger partial charge in [-0.15, -0.1) is 0 Å². The van der Waals surface area contributed by atoms with Crippen LogP contribution in [0.1, 0.15) is 249 Å². The first-order chi connectivity index (χ1) is 45.2. The SMILES string of the molecule is CCCCCCCOc1ccc(OC(=O)c2ccc(C(=O)Oc3ccc(OCCCCCCC)cc3)c(OCCCCCCCCCCOc3cc(C(=O)Oc4ccc(OCCCCCCC)cc4)ccc3C(=O)Oc3ccc(OCCCCCCC)cc3)c2)cc1. The van der Waals surface area contributed by atoms with Gasteiger partial charge in [-0.2, -0.15) is 0 Å². The summed E-state index contributed by atoms with van der Waals surface area (Å²) in [5.41, 5.74) is 0.810. The Bertz CT molecular complexity index is 2810. The van der Waals surface area contributed by atoms with Crippen molar-refractivity contribution >= 4 is 23.9 Å². The minimum absolute atomic E-state index is 0.183. The van der Waals surface area contributed by atoms with Gasteiger partial charge in [0.1, 0.15) is 68.6 Å². The molecule has 0 aliphatic rings. The van der Waals surface area contributed by atoms with Crippen LogP contribution in [-0.2, 0) is 0 Å². The molecule has 0 amide bonds. The molecule has 0 aliphatic heterocycles. The monoisotopic (exact) mass is 1260 g/mol. The van der Waals surface area contributed by atoms with Crippen LogP contribution in [0.2, 0.25) is 0 Å². The predicted octanol–water partition coefficient (Wildman–Crippen LogP) is 20.5. The summed E-state index contributed by atoms with van der Waals surface area (Å²) in [6.45, 7) is 11.9. The van der Waals surface area contributed by atoms with Crippen LogP contribution >= 0.6 is 0 Å². The van der Waals surface area contributed by atoms with E-state index in [4.69, 9.17) is 47.4 Å². The number of hydrogen-bond donors (Lipinski definition) is 0. The van der Waals surface area contributed by atoms with Crippen molar-refractivity contribution < 1.29 is 66.5 Å². The minimum Gasteiger partial charge on any atom is -0.494 e. The molecule has 0 saturated heterocycles. The number of ether oxygens (including phenoxy) is 10. The van der Waals surface area contributed by atoms with Crippen molar-refractivity contribution in [2.75, 3.05) is 39.6 Å². The van der Waals surface area contributed by atoms with E-state index >= 15 is 0 Å². The average molecular weight is 1260 g/mol. The van der Waals surface area contributed by atoms with Crippen molar-refractivity contribution in [1.82, 2.24) is 0 Å². The number of hydrogen-bond acceptors (Lipinski definition) is 14. The molecule has 0 fully saturated rings. The molecule has 6 aromatic carbocycles. The molecule has 498 valence electrons. The van der Waals surface area contributed by atoms with Crippen LogP contribution < -0.4 is 47.4 Å². The first kappa shape index (κ1) is 73.1. The van der Waals surface area contributed by atoms with Crippen LogP contribution in [0.5, 0.6) is 57.5 Å². The second-order valence-corrected chi connectivity index (χ2v) is 23.4. The summed E-state index contributed by atoms with van der Waals surface area (Å²) in [7, 11) is 0. The summed E-state index contributed by atoms with van der Waals surface area (Å²) in [5.74, 6) is 2.28. The number of carbonyl (C=O) groups excluding carboxylic acids is 4. The molecule has 0 radical (unpaired) electrons. The van der Waals surface area contributed by atoms with Gasteiger partial charge < -0.3 is 47.4 Å². The van der Waals surface area contributed by atoms with Gasteiger partial charge in [-0.25, -0.2) is 19.2 Å². The lowest BCUT2D eigenvalue weighted by Gasteiger charge is -2.14. The molecular formula is C78H102O14. The average Bonchev–Trinajstić information content (AvgIpc) is 0.899. The maximum absolute atomic E-state index is 13.7. The van der Waals surface area contributed by atoms with E-state index in [1.165, 1.54) is 101 Å². The van der Waals surface area contributed by atoms with Gasteiger partial charge in [0.2, 0.25) is 0 Å². The maximum atomic E-state index is 13.7. The summed E-state index contributed by atoms with van der Waals surface area (Å²) in [6, 6.07) is 37.2. The fourth-order valence-corrected chi connectivity index (χ4v) is 10.2. The Labute approximate surface area is 548 Å². The molecule has 14 heteroatoms. The Kier molecular flexibility index (Phi) is 35.3. The summed E-state index contributed by atoms with van der Waals surface area (Å²) >= 11 is 0. The van der Waals surface area contributed by atoms with E-state index in [1.54, 1.807) is 109 Å². The Morgan fingerprint density at radius 3 is 0.685 bits per heavy atom. The quantitative estimate of drug-likeness (QED) is 0.0202. The molecule has 0 aromatic heterocycles. The second-order valence-electron chi connectivity index (χ2n) is 23.4. The summed E-state index contributed by atoms with van der Waals surface area (Å²) in [4.78, 5) is 54.5. The Morgan fingerprint density at radius 2 is 0.435 bits per heavy atom. The van der Waals surface area contributed by atoms with E-state index in [9.17, 15) is 19.2 Å². The number of carbonyl (C=O) groups is 4. The fourth-order valence-electron chi connectivity index (χ4n) is 10.2. The number of benzene rings is 6. The molecule has 6 rings (SSSR count). The number of esters is 4. The topological polar surface area (TPSA) is 161 Å². The molecule has 6 aromatic rings. The lowest BCUT2D eigenvalue weighted by Crippen LogP contribution is -2.14. The van der Waals surface area contributed by atoms with Crippen molar-refractivity contribution in [3.05, 3.63) is 156 Å². The first-order valence-corrected chi connectivity index (χ1v) is 34.5. The molecule has 0 heterocycles. The molecule has 0 unspecified atom stereocenters. The van der Waals surface area contributed by atoms with Crippen molar-refractivity contribution in [3.63, 3.8) is 0 Å². The van der Waals surface area contributed by atoms with Crippen LogP contribution in [0, 0.1) is 0 Å². The zero-order chi connectivity index (χ0) is 65.1. The molecule has 0 N–H and O–H groups in total. The Balaban J connectivity index is 0.981. The molecular weight excluding hydrogens is 1160 g/mol. The van der Waals surface area contributed by atoms with Gasteiger partial charge >= 0.3 is 23.9 Å². The van der Waals surface area contributed by atoms with E-state index in [0.29, 0.717) is 85.6 Å². The van der Waals surface area contributed by atoms with Gasteiger partial charge in [-0.05, 0) is 172 Å². The molecule has 14 nitrogen and oxygen atoms in total. The van der Waals surface area contributed by atoms with E-state index in [2.05, 4.69) is 27.7 Å². The highest BCUT2D eigenvalue weighted by molar-refractivity contribution is 5.98. The molecule has 92 heavy (non-hydrogen) atoms. The second kappa shape index (κ2) is 44.5. The van der Waals surface area contributed by atoms with Gasteiger partial charge in [0.25, 0.3) is 0 Å². The Morgan fingerprint density at radius 1 is 0.228 bits per heavy atom. The number of rotatable bonds is 49. The van der Waals surface area contributed by atoms with Crippen LogP contribution in [-0.4, -0.2) is 63.5 Å². The molecule has 0 aliphatic carbocycles. The zero-order valence-electron chi connectivity index (χ0n) is 55.5. The third-order valence-electron chi connectivity index (χ3n) is 15.6. The van der Waals surface area contributed by atoms with Crippen LogP contribution in [0.15, 0.2) is 133 Å².